The van der Waals surface area contributed by atoms with E-state index in [-0.39, 0.29) is 5.78 Å². The Kier molecular flexibility index (Phi) is 6.51. The average Bonchev–Trinajstić information content (AvgIpc) is 2.85. The van der Waals surface area contributed by atoms with E-state index in [4.69, 9.17) is 14.6 Å². The van der Waals surface area contributed by atoms with E-state index >= 15 is 0 Å². The Morgan fingerprint density at radius 3 is 2.29 bits per heavy atom. The lowest BCUT2D eigenvalue weighted by Gasteiger charge is -2.39. The van der Waals surface area contributed by atoms with Crippen LogP contribution in [0.4, 0.5) is 0 Å². The molecular formula is C15H23NO4S. The Morgan fingerprint density at radius 1 is 1.33 bits per heavy atom. The van der Waals surface area contributed by atoms with Gasteiger partial charge in [-0.2, -0.15) is 0 Å². The van der Waals surface area contributed by atoms with Gasteiger partial charge in [-0.3, -0.25) is 14.5 Å². The number of Topliss-reactive ketones (excluding diaryl/α,β-unsaturated/α-hetero) is 1. The van der Waals surface area contributed by atoms with Gasteiger partial charge in [-0.1, -0.05) is 0 Å². The Hall–Kier alpha value is -1.24. The molecule has 6 heteroatoms. The molecular weight excluding hydrogens is 290 g/mol. The van der Waals surface area contributed by atoms with Gasteiger partial charge in [0, 0.05) is 20.0 Å². The summed E-state index contributed by atoms with van der Waals surface area (Å²) in [5, 5.41) is 9.45. The number of nitrogens with zero attached hydrogens (tertiary/aromatic N) is 1. The monoisotopic (exact) mass is 313 g/mol. The smallest absolute Gasteiger partial charge is 0.300 e. The summed E-state index contributed by atoms with van der Waals surface area (Å²) in [5.74, 6) is -0.613. The number of hydrogen-bond donors (Lipinski definition) is 1. The van der Waals surface area contributed by atoms with Crippen LogP contribution in [0, 0.1) is 6.92 Å². The van der Waals surface area contributed by atoms with Gasteiger partial charge in [0.15, 0.2) is 5.78 Å². The summed E-state index contributed by atoms with van der Waals surface area (Å²) >= 11 is 1.54. The van der Waals surface area contributed by atoms with Gasteiger partial charge in [0.05, 0.1) is 23.6 Å². The normalized spacial score (nSPS) is 16.0. The van der Waals surface area contributed by atoms with Crippen LogP contribution < -0.4 is 0 Å². The summed E-state index contributed by atoms with van der Waals surface area (Å²) in [6, 6.07) is 1.98. The number of hydrogen-bond acceptors (Lipinski definition) is 5. The van der Waals surface area contributed by atoms with Crippen molar-refractivity contribution in [1.82, 2.24) is 4.90 Å². The number of thiophene rings is 1. The molecule has 5 nitrogen and oxygen atoms in total. The minimum absolute atomic E-state index is 0.220. The molecule has 2 heterocycles. The fraction of sp³-hybridized carbons (Fsp3) is 0.600. The van der Waals surface area contributed by atoms with E-state index in [2.05, 4.69) is 4.90 Å². The number of ether oxygens (including phenoxy) is 1. The number of carboxylic acids is 1. The first-order valence-corrected chi connectivity index (χ1v) is 7.75. The largest absolute Gasteiger partial charge is 0.481 e. The second-order valence-electron chi connectivity index (χ2n) is 5.49. The number of carbonyl (C=O) groups excluding carboxylic acids is 1. The molecule has 1 aliphatic heterocycles. The van der Waals surface area contributed by atoms with Crippen LogP contribution in [0.3, 0.4) is 0 Å². The van der Waals surface area contributed by atoms with Crippen LogP contribution >= 0.6 is 11.3 Å². The van der Waals surface area contributed by atoms with E-state index in [0.29, 0.717) is 0 Å². The second-order valence-corrected chi connectivity index (χ2v) is 6.41. The van der Waals surface area contributed by atoms with Gasteiger partial charge >= 0.3 is 0 Å². The predicted molar refractivity (Wildman–Crippen MR) is 83.2 cm³/mol. The van der Waals surface area contributed by atoms with Crippen molar-refractivity contribution in [2.75, 3.05) is 26.3 Å². The number of ketones is 1. The van der Waals surface area contributed by atoms with Crippen LogP contribution in [0.1, 0.15) is 36.0 Å². The molecule has 0 saturated carbocycles. The van der Waals surface area contributed by atoms with Crippen molar-refractivity contribution in [2.24, 2.45) is 0 Å². The number of aryl methyl sites for hydroxylation is 1. The third-order valence-electron chi connectivity index (χ3n) is 3.31. The standard InChI is InChI=1S/C13H19NO2S.C2H4O2/c1-10-8-11(17-9-10)12(15)13(2,3)14-4-6-16-7-5-14;1-2(3)4/h8-9H,4-7H2,1-3H3;1H3,(H,3,4). The third kappa shape index (κ3) is 5.22. The third-order valence-corrected chi connectivity index (χ3v) is 4.36. The minimum Gasteiger partial charge on any atom is -0.481 e. The molecule has 0 unspecified atom stereocenters. The van der Waals surface area contributed by atoms with Gasteiger partial charge in [-0.25, -0.2) is 0 Å². The zero-order valence-electron chi connectivity index (χ0n) is 13.0. The topological polar surface area (TPSA) is 66.8 Å². The fourth-order valence-corrected chi connectivity index (χ4v) is 3.11. The van der Waals surface area contributed by atoms with Crippen molar-refractivity contribution in [3.8, 4) is 0 Å². The predicted octanol–water partition coefficient (Wildman–Crippen LogP) is 2.44. The Labute approximate surface area is 129 Å². The molecule has 1 fully saturated rings. The molecule has 118 valence electrons. The van der Waals surface area contributed by atoms with Crippen LogP contribution in [0.2, 0.25) is 0 Å². The van der Waals surface area contributed by atoms with Gasteiger partial charge < -0.3 is 9.84 Å². The number of carboxylic acid groups (broad SMARTS) is 1. The van der Waals surface area contributed by atoms with Crippen molar-refractivity contribution in [1.29, 1.82) is 0 Å². The van der Waals surface area contributed by atoms with Crippen molar-refractivity contribution in [3.63, 3.8) is 0 Å². The molecule has 0 radical (unpaired) electrons. The van der Waals surface area contributed by atoms with Crippen LogP contribution in [-0.4, -0.2) is 53.6 Å². The molecule has 0 aromatic carbocycles. The molecule has 1 aliphatic rings. The summed E-state index contributed by atoms with van der Waals surface area (Å²) in [7, 11) is 0. The van der Waals surface area contributed by atoms with Crippen LogP contribution in [0.25, 0.3) is 0 Å². The molecule has 1 aromatic heterocycles. The van der Waals surface area contributed by atoms with Crippen LogP contribution in [0.5, 0.6) is 0 Å². The first-order chi connectivity index (χ1) is 9.75. The fourth-order valence-electron chi connectivity index (χ4n) is 2.12. The maximum atomic E-state index is 12.5. The number of morpholine rings is 1. The molecule has 0 atom stereocenters. The summed E-state index contributed by atoms with van der Waals surface area (Å²) in [5.41, 5.74) is 0.734. The lowest BCUT2D eigenvalue weighted by molar-refractivity contribution is -0.134. The number of carbonyl (C=O) groups is 2. The summed E-state index contributed by atoms with van der Waals surface area (Å²) < 4.78 is 5.33. The Bertz CT molecular complexity index is 486. The summed E-state index contributed by atoms with van der Waals surface area (Å²) in [6.07, 6.45) is 0. The van der Waals surface area contributed by atoms with E-state index in [1.54, 1.807) is 11.3 Å². The maximum absolute atomic E-state index is 12.5. The van der Waals surface area contributed by atoms with E-state index in [9.17, 15) is 4.79 Å². The molecule has 2 rings (SSSR count). The van der Waals surface area contributed by atoms with Crippen molar-refractivity contribution in [3.05, 3.63) is 21.9 Å². The highest BCUT2D eigenvalue weighted by Gasteiger charge is 2.36. The lowest BCUT2D eigenvalue weighted by atomic mass is 9.94. The summed E-state index contributed by atoms with van der Waals surface area (Å²) in [6.45, 7) is 10.2. The van der Waals surface area contributed by atoms with Gasteiger partial charge in [-0.05, 0) is 37.8 Å². The van der Waals surface area contributed by atoms with Gasteiger partial charge in [-0.15, -0.1) is 11.3 Å². The molecule has 1 aromatic rings. The highest BCUT2D eigenvalue weighted by molar-refractivity contribution is 7.12. The first-order valence-electron chi connectivity index (χ1n) is 6.87. The Balaban J connectivity index is 0.000000491. The van der Waals surface area contributed by atoms with Crippen molar-refractivity contribution >= 4 is 23.1 Å². The molecule has 1 N–H and O–H groups in total. The zero-order chi connectivity index (χ0) is 16.0. The number of aliphatic carboxylic acids is 1. The highest BCUT2D eigenvalue weighted by Crippen LogP contribution is 2.25. The van der Waals surface area contributed by atoms with E-state index < -0.39 is 11.5 Å². The lowest BCUT2D eigenvalue weighted by Crippen LogP contribution is -2.54. The van der Waals surface area contributed by atoms with E-state index in [1.165, 1.54) is 0 Å². The molecule has 1 saturated heterocycles. The molecule has 0 amide bonds. The van der Waals surface area contributed by atoms with Crippen LogP contribution in [0.15, 0.2) is 11.4 Å². The average molecular weight is 313 g/mol. The van der Waals surface area contributed by atoms with Gasteiger partial charge in [0.1, 0.15) is 0 Å². The van der Waals surface area contributed by atoms with Gasteiger partial charge in [0.25, 0.3) is 5.97 Å². The van der Waals surface area contributed by atoms with Crippen molar-refractivity contribution < 1.29 is 19.4 Å². The Morgan fingerprint density at radius 2 is 1.86 bits per heavy atom. The van der Waals surface area contributed by atoms with E-state index in [1.807, 2.05) is 32.2 Å². The maximum Gasteiger partial charge on any atom is 0.300 e. The zero-order valence-corrected chi connectivity index (χ0v) is 13.8. The second kappa shape index (κ2) is 7.68. The van der Waals surface area contributed by atoms with Crippen molar-refractivity contribution in [2.45, 2.75) is 33.2 Å². The highest BCUT2D eigenvalue weighted by atomic mass is 32.1. The quantitative estimate of drug-likeness (QED) is 0.868. The summed E-state index contributed by atoms with van der Waals surface area (Å²) in [4.78, 5) is 24.6. The molecule has 0 bridgehead atoms. The minimum atomic E-state index is -0.833. The molecule has 21 heavy (non-hydrogen) atoms. The van der Waals surface area contributed by atoms with E-state index in [0.717, 1.165) is 43.7 Å². The number of rotatable bonds is 3. The SMILES string of the molecule is CC(=O)O.Cc1csc(C(=O)C(C)(C)N2CCOCC2)c1. The molecule has 0 spiro atoms. The first kappa shape index (κ1) is 17.8. The molecule has 0 aliphatic carbocycles. The van der Waals surface area contributed by atoms with Crippen LogP contribution in [-0.2, 0) is 9.53 Å². The van der Waals surface area contributed by atoms with Gasteiger partial charge in [0.2, 0.25) is 0 Å².